The molecule has 1 N–H and O–H groups in total. The van der Waals surface area contributed by atoms with E-state index in [0.29, 0.717) is 6.54 Å². The van der Waals surface area contributed by atoms with Gasteiger partial charge in [0.25, 0.3) is 0 Å². The van der Waals surface area contributed by atoms with Gasteiger partial charge in [0, 0.05) is 12.6 Å². The number of nitrogens with one attached hydrogen (secondary N) is 1. The van der Waals surface area contributed by atoms with Crippen molar-refractivity contribution in [3.05, 3.63) is 35.6 Å². The Labute approximate surface area is 59.9 Å². The fraction of sp³-hybridized carbons (Fsp3) is 0.250. The first-order valence-electron chi connectivity index (χ1n) is 3.14. The summed E-state index contributed by atoms with van der Waals surface area (Å²) >= 11 is 0. The molecular weight excluding hydrogens is 129 g/mol. The predicted molar refractivity (Wildman–Crippen MR) is 38.0 cm³/mol. The van der Waals surface area contributed by atoms with Crippen LogP contribution in [0.3, 0.4) is 0 Å². The van der Waals surface area contributed by atoms with Crippen molar-refractivity contribution in [2.24, 2.45) is 0 Å². The molecule has 0 aliphatic rings. The minimum absolute atomic E-state index is 0.298. The molecule has 0 aromatic heterocycles. The van der Waals surface area contributed by atoms with Crippen molar-refractivity contribution in [2.45, 2.75) is 6.54 Å². The molecule has 1 nitrogen and oxygen atoms in total. The van der Waals surface area contributed by atoms with Gasteiger partial charge in [0.15, 0.2) is 0 Å². The highest BCUT2D eigenvalue weighted by atomic mass is 19.1. The van der Waals surface area contributed by atoms with Crippen LogP contribution < -0.4 is 5.32 Å². The molecule has 0 aliphatic carbocycles. The number of halogens is 1. The molecule has 0 saturated heterocycles. The smallest absolute Gasteiger partial charge is 0.131 e. The summed E-state index contributed by atoms with van der Waals surface area (Å²) in [5.74, 6) is -0.298. The van der Waals surface area contributed by atoms with E-state index in [1.165, 1.54) is 6.07 Å². The standard InChI is InChI=1S/C8H9FN/c1-10-6-7-3-2-4-8(9)5-7/h2-4,10H,6H2,1H3. The van der Waals surface area contributed by atoms with Crippen molar-refractivity contribution >= 4 is 0 Å². The molecule has 0 unspecified atom stereocenters. The Hall–Kier alpha value is -0.890. The Morgan fingerprint density at radius 3 is 3.00 bits per heavy atom. The zero-order chi connectivity index (χ0) is 7.40. The van der Waals surface area contributed by atoms with Gasteiger partial charge in [-0.1, -0.05) is 12.1 Å². The lowest BCUT2D eigenvalue weighted by Gasteiger charge is -1.96. The average Bonchev–Trinajstić information content (AvgIpc) is 1.88. The van der Waals surface area contributed by atoms with Gasteiger partial charge in [-0.15, -0.1) is 0 Å². The third-order valence-electron chi connectivity index (χ3n) is 1.19. The van der Waals surface area contributed by atoms with Crippen LogP contribution in [0.4, 0.5) is 4.39 Å². The second-order valence-corrected chi connectivity index (χ2v) is 2.05. The summed E-state index contributed by atoms with van der Waals surface area (Å²) in [6.45, 7) is 0.664. The molecule has 0 atom stereocenters. The number of hydrogen-bond donors (Lipinski definition) is 1. The predicted octanol–water partition coefficient (Wildman–Crippen LogP) is 1.35. The normalized spacial score (nSPS) is 9.80. The van der Waals surface area contributed by atoms with Gasteiger partial charge < -0.3 is 5.32 Å². The first-order valence-corrected chi connectivity index (χ1v) is 3.14. The second kappa shape index (κ2) is 3.32. The summed E-state index contributed by atoms with van der Waals surface area (Å²) in [6, 6.07) is 7.48. The van der Waals surface area contributed by atoms with Gasteiger partial charge in [-0.3, -0.25) is 0 Å². The molecule has 1 rings (SSSR count). The van der Waals surface area contributed by atoms with Crippen LogP contribution in [0, 0.1) is 11.9 Å². The maximum absolute atomic E-state index is 12.4. The summed E-state index contributed by atoms with van der Waals surface area (Å²) in [5, 5.41) is 2.91. The topological polar surface area (TPSA) is 12.0 Å². The van der Waals surface area contributed by atoms with Gasteiger partial charge in [-0.2, -0.15) is 0 Å². The van der Waals surface area contributed by atoms with E-state index in [4.69, 9.17) is 0 Å². The molecule has 2 heteroatoms. The maximum Gasteiger partial charge on any atom is 0.131 e. The Bertz CT molecular complexity index is 210. The van der Waals surface area contributed by atoms with Crippen LogP contribution in [0.2, 0.25) is 0 Å². The fourth-order valence-electron chi connectivity index (χ4n) is 0.779. The minimum Gasteiger partial charge on any atom is -0.316 e. The molecule has 1 aromatic rings. The Kier molecular flexibility index (Phi) is 2.40. The van der Waals surface area contributed by atoms with Crippen LogP contribution in [-0.2, 0) is 6.54 Å². The van der Waals surface area contributed by atoms with Gasteiger partial charge in [0.2, 0.25) is 0 Å². The lowest BCUT2D eigenvalue weighted by atomic mass is 10.2. The molecule has 10 heavy (non-hydrogen) atoms. The highest BCUT2D eigenvalue weighted by molar-refractivity contribution is 5.14. The largest absolute Gasteiger partial charge is 0.316 e. The minimum atomic E-state index is -0.298. The van der Waals surface area contributed by atoms with E-state index >= 15 is 0 Å². The van der Waals surface area contributed by atoms with Crippen LogP contribution >= 0.6 is 0 Å². The molecule has 0 bridgehead atoms. The van der Waals surface area contributed by atoms with E-state index in [2.05, 4.69) is 11.4 Å². The van der Waals surface area contributed by atoms with E-state index in [9.17, 15) is 4.39 Å². The number of benzene rings is 1. The highest BCUT2D eigenvalue weighted by Crippen LogP contribution is 2.00. The van der Waals surface area contributed by atoms with Crippen LogP contribution in [0.5, 0.6) is 0 Å². The van der Waals surface area contributed by atoms with E-state index in [1.54, 1.807) is 6.07 Å². The zero-order valence-corrected chi connectivity index (χ0v) is 5.82. The fourth-order valence-corrected chi connectivity index (χ4v) is 0.779. The molecular formula is C8H9FN. The van der Waals surface area contributed by atoms with E-state index in [1.807, 2.05) is 13.1 Å². The Balaban J connectivity index is 2.75. The third-order valence-corrected chi connectivity index (χ3v) is 1.19. The van der Waals surface area contributed by atoms with Crippen molar-refractivity contribution in [1.29, 1.82) is 0 Å². The molecule has 0 aliphatic heterocycles. The van der Waals surface area contributed by atoms with Crippen molar-refractivity contribution in [3.63, 3.8) is 0 Å². The van der Waals surface area contributed by atoms with E-state index in [0.717, 1.165) is 5.56 Å². The van der Waals surface area contributed by atoms with Crippen molar-refractivity contribution in [2.75, 3.05) is 7.05 Å². The van der Waals surface area contributed by atoms with Crippen LogP contribution in [0.25, 0.3) is 0 Å². The lowest BCUT2D eigenvalue weighted by Crippen LogP contribution is -2.04. The third kappa shape index (κ3) is 1.81. The van der Waals surface area contributed by atoms with Crippen molar-refractivity contribution < 1.29 is 4.39 Å². The summed E-state index contributed by atoms with van der Waals surface area (Å²) in [7, 11) is 1.82. The van der Waals surface area contributed by atoms with Gasteiger partial charge >= 0.3 is 0 Å². The van der Waals surface area contributed by atoms with Gasteiger partial charge in [-0.25, -0.2) is 4.39 Å². The van der Waals surface area contributed by atoms with Crippen molar-refractivity contribution in [1.82, 2.24) is 5.32 Å². The Morgan fingerprint density at radius 1 is 1.60 bits per heavy atom. The lowest BCUT2D eigenvalue weighted by molar-refractivity contribution is 0.621. The Morgan fingerprint density at radius 2 is 2.40 bits per heavy atom. The van der Waals surface area contributed by atoms with Gasteiger partial charge in [0.1, 0.15) is 5.82 Å². The number of rotatable bonds is 2. The molecule has 0 amide bonds. The molecule has 0 saturated carbocycles. The number of hydrogen-bond acceptors (Lipinski definition) is 1. The van der Waals surface area contributed by atoms with Crippen LogP contribution in [0.1, 0.15) is 5.56 Å². The summed E-state index contributed by atoms with van der Waals surface area (Å²) < 4.78 is 12.4. The summed E-state index contributed by atoms with van der Waals surface area (Å²) in [5.41, 5.74) is 0.850. The average molecular weight is 138 g/mol. The van der Waals surface area contributed by atoms with Crippen molar-refractivity contribution in [3.8, 4) is 0 Å². The SMILES string of the molecule is CNCc1[c]c(F)ccc1. The first kappa shape index (κ1) is 7.22. The van der Waals surface area contributed by atoms with Gasteiger partial charge in [0.05, 0.1) is 0 Å². The molecule has 1 aromatic carbocycles. The maximum atomic E-state index is 12.4. The monoisotopic (exact) mass is 138 g/mol. The van der Waals surface area contributed by atoms with Crippen LogP contribution in [0.15, 0.2) is 18.2 Å². The molecule has 53 valence electrons. The molecule has 0 spiro atoms. The molecule has 1 radical (unpaired) electrons. The first-order chi connectivity index (χ1) is 4.83. The highest BCUT2D eigenvalue weighted by Gasteiger charge is 1.92. The second-order valence-electron chi connectivity index (χ2n) is 2.05. The van der Waals surface area contributed by atoms with Crippen LogP contribution in [-0.4, -0.2) is 7.05 Å². The summed E-state index contributed by atoms with van der Waals surface area (Å²) in [6.07, 6.45) is 0. The summed E-state index contributed by atoms with van der Waals surface area (Å²) in [4.78, 5) is 0. The van der Waals surface area contributed by atoms with E-state index in [-0.39, 0.29) is 5.82 Å². The van der Waals surface area contributed by atoms with Gasteiger partial charge in [-0.05, 0) is 18.7 Å². The quantitative estimate of drug-likeness (QED) is 0.650. The zero-order valence-electron chi connectivity index (χ0n) is 5.82. The van der Waals surface area contributed by atoms with E-state index < -0.39 is 0 Å². The molecule has 0 heterocycles. The molecule has 0 fully saturated rings.